The van der Waals surface area contributed by atoms with Crippen molar-refractivity contribution in [2.24, 2.45) is 0 Å². The molecule has 1 aliphatic heterocycles. The zero-order chi connectivity index (χ0) is 10.1. The molecule has 0 atom stereocenters. The summed E-state index contributed by atoms with van der Waals surface area (Å²) in [6.45, 7) is 2.11. The second kappa shape index (κ2) is 4.30. The van der Waals surface area contributed by atoms with Crippen LogP contribution in [-0.2, 0) is 0 Å². The molecule has 0 aromatic heterocycles. The van der Waals surface area contributed by atoms with Crippen LogP contribution in [0.4, 0.5) is 5.69 Å². The molecule has 0 aliphatic carbocycles. The van der Waals surface area contributed by atoms with Crippen molar-refractivity contribution >= 4 is 44.8 Å². The summed E-state index contributed by atoms with van der Waals surface area (Å²) in [4.78, 5) is 2.25. The highest BCUT2D eigenvalue weighted by Crippen LogP contribution is 2.37. The van der Waals surface area contributed by atoms with Crippen LogP contribution in [0, 0.1) is 0 Å². The van der Waals surface area contributed by atoms with Crippen LogP contribution in [0.1, 0.15) is 12.8 Å². The van der Waals surface area contributed by atoms with Crippen LogP contribution >= 0.6 is 39.1 Å². The minimum Gasteiger partial charge on any atom is -0.369 e. The molecular formula is C10H10BrCl2N. The summed E-state index contributed by atoms with van der Waals surface area (Å²) in [6, 6.07) is 3.78. The lowest BCUT2D eigenvalue weighted by molar-refractivity contribution is 0.949. The van der Waals surface area contributed by atoms with E-state index in [0.29, 0.717) is 0 Å². The number of hydrogen-bond acceptors (Lipinski definition) is 1. The van der Waals surface area contributed by atoms with Gasteiger partial charge in [0.1, 0.15) is 0 Å². The van der Waals surface area contributed by atoms with Gasteiger partial charge in [0.15, 0.2) is 0 Å². The van der Waals surface area contributed by atoms with Gasteiger partial charge in [0.25, 0.3) is 0 Å². The van der Waals surface area contributed by atoms with Crippen LogP contribution in [0.2, 0.25) is 10.0 Å². The lowest BCUT2D eigenvalue weighted by atomic mass is 10.3. The van der Waals surface area contributed by atoms with E-state index < -0.39 is 0 Å². The Hall–Kier alpha value is 0.0800. The highest BCUT2D eigenvalue weighted by molar-refractivity contribution is 9.10. The molecule has 0 spiro atoms. The molecule has 1 nitrogen and oxygen atoms in total. The first-order valence-corrected chi connectivity index (χ1v) is 6.13. The standard InChI is InChI=1S/C10H10BrCl2N/c11-7-5-8(12)10(9(13)6-7)14-3-1-2-4-14/h5-6H,1-4H2. The van der Waals surface area contributed by atoms with Crippen molar-refractivity contribution in [1.82, 2.24) is 0 Å². The number of rotatable bonds is 1. The number of anilines is 1. The minimum atomic E-state index is 0.728. The summed E-state index contributed by atoms with van der Waals surface area (Å²) in [6.07, 6.45) is 2.45. The molecule has 2 rings (SSSR count). The van der Waals surface area contributed by atoms with E-state index in [2.05, 4.69) is 20.8 Å². The first-order chi connectivity index (χ1) is 6.68. The first-order valence-electron chi connectivity index (χ1n) is 4.58. The average molecular weight is 295 g/mol. The molecule has 1 saturated heterocycles. The van der Waals surface area contributed by atoms with Crippen LogP contribution < -0.4 is 4.90 Å². The van der Waals surface area contributed by atoms with Crippen LogP contribution in [0.25, 0.3) is 0 Å². The second-order valence-electron chi connectivity index (χ2n) is 3.41. The van der Waals surface area contributed by atoms with Crippen molar-refractivity contribution in [3.63, 3.8) is 0 Å². The number of hydrogen-bond donors (Lipinski definition) is 0. The van der Waals surface area contributed by atoms with E-state index in [1.54, 1.807) is 0 Å². The fourth-order valence-electron chi connectivity index (χ4n) is 1.78. The van der Waals surface area contributed by atoms with Crippen LogP contribution in [0.3, 0.4) is 0 Å². The van der Waals surface area contributed by atoms with Crippen molar-refractivity contribution in [1.29, 1.82) is 0 Å². The monoisotopic (exact) mass is 293 g/mol. The summed E-state index contributed by atoms with van der Waals surface area (Å²) in [5.74, 6) is 0. The van der Waals surface area contributed by atoms with E-state index in [1.165, 1.54) is 12.8 Å². The Bertz CT molecular complexity index is 325. The van der Waals surface area contributed by atoms with Gasteiger partial charge in [0.2, 0.25) is 0 Å². The van der Waals surface area contributed by atoms with E-state index in [1.807, 2.05) is 12.1 Å². The molecule has 0 saturated carbocycles. The third-order valence-corrected chi connectivity index (χ3v) is 3.44. The maximum absolute atomic E-state index is 6.16. The molecule has 0 N–H and O–H groups in total. The summed E-state index contributed by atoms with van der Waals surface area (Å²) >= 11 is 15.7. The van der Waals surface area contributed by atoms with Gasteiger partial charge >= 0.3 is 0 Å². The van der Waals surface area contributed by atoms with Gasteiger partial charge in [-0.05, 0) is 25.0 Å². The smallest absolute Gasteiger partial charge is 0.0745 e. The van der Waals surface area contributed by atoms with E-state index in [0.717, 1.165) is 33.3 Å². The normalized spacial score (nSPS) is 16.4. The summed E-state index contributed by atoms with van der Waals surface area (Å²) in [7, 11) is 0. The van der Waals surface area contributed by atoms with Gasteiger partial charge < -0.3 is 4.90 Å². The third-order valence-electron chi connectivity index (χ3n) is 2.40. The Morgan fingerprint density at radius 1 is 1.07 bits per heavy atom. The molecule has 76 valence electrons. The molecule has 1 aliphatic rings. The van der Waals surface area contributed by atoms with Crippen molar-refractivity contribution < 1.29 is 0 Å². The lowest BCUT2D eigenvalue weighted by Gasteiger charge is -2.20. The first kappa shape index (κ1) is 10.6. The molecule has 1 fully saturated rings. The summed E-state index contributed by atoms with van der Waals surface area (Å²) < 4.78 is 0.926. The predicted molar refractivity (Wildman–Crippen MR) is 65.6 cm³/mol. The van der Waals surface area contributed by atoms with Gasteiger partial charge in [0, 0.05) is 17.6 Å². The Morgan fingerprint density at radius 3 is 2.07 bits per heavy atom. The fourth-order valence-corrected chi connectivity index (χ4v) is 3.22. The Morgan fingerprint density at radius 2 is 1.57 bits per heavy atom. The van der Waals surface area contributed by atoms with Crippen molar-refractivity contribution in [3.8, 4) is 0 Å². The quantitative estimate of drug-likeness (QED) is 0.744. The largest absolute Gasteiger partial charge is 0.369 e. The fraction of sp³-hybridized carbons (Fsp3) is 0.400. The van der Waals surface area contributed by atoms with E-state index >= 15 is 0 Å². The van der Waals surface area contributed by atoms with Crippen LogP contribution in [0.15, 0.2) is 16.6 Å². The summed E-state index contributed by atoms with van der Waals surface area (Å²) in [5, 5.41) is 1.46. The zero-order valence-corrected chi connectivity index (χ0v) is 10.7. The third kappa shape index (κ3) is 2.02. The highest BCUT2D eigenvalue weighted by Gasteiger charge is 2.18. The van der Waals surface area contributed by atoms with Gasteiger partial charge in [0.05, 0.1) is 15.7 Å². The minimum absolute atomic E-state index is 0.728. The topological polar surface area (TPSA) is 3.24 Å². The molecule has 4 heteroatoms. The maximum atomic E-state index is 6.16. The van der Waals surface area contributed by atoms with Gasteiger partial charge in [-0.1, -0.05) is 39.1 Å². The van der Waals surface area contributed by atoms with Crippen molar-refractivity contribution in [3.05, 3.63) is 26.7 Å². The van der Waals surface area contributed by atoms with Gasteiger partial charge in [-0.25, -0.2) is 0 Å². The van der Waals surface area contributed by atoms with Crippen LogP contribution in [-0.4, -0.2) is 13.1 Å². The highest BCUT2D eigenvalue weighted by atomic mass is 79.9. The molecule has 0 unspecified atom stereocenters. The van der Waals surface area contributed by atoms with E-state index in [9.17, 15) is 0 Å². The van der Waals surface area contributed by atoms with Gasteiger partial charge in [-0.3, -0.25) is 0 Å². The number of benzene rings is 1. The second-order valence-corrected chi connectivity index (χ2v) is 5.14. The van der Waals surface area contributed by atoms with Crippen molar-refractivity contribution in [2.45, 2.75) is 12.8 Å². The molecule has 0 radical (unpaired) electrons. The maximum Gasteiger partial charge on any atom is 0.0745 e. The molecule has 14 heavy (non-hydrogen) atoms. The Balaban J connectivity index is 2.40. The zero-order valence-electron chi connectivity index (χ0n) is 7.56. The molecule has 1 heterocycles. The number of nitrogens with zero attached hydrogens (tertiary/aromatic N) is 1. The molecular weight excluding hydrogens is 285 g/mol. The van der Waals surface area contributed by atoms with Gasteiger partial charge in [-0.2, -0.15) is 0 Å². The van der Waals surface area contributed by atoms with E-state index in [-0.39, 0.29) is 0 Å². The van der Waals surface area contributed by atoms with E-state index in [4.69, 9.17) is 23.2 Å². The van der Waals surface area contributed by atoms with Gasteiger partial charge in [-0.15, -0.1) is 0 Å². The molecule has 0 amide bonds. The summed E-state index contributed by atoms with van der Waals surface area (Å²) in [5.41, 5.74) is 0.981. The average Bonchev–Trinajstić information content (AvgIpc) is 2.54. The lowest BCUT2D eigenvalue weighted by Crippen LogP contribution is -2.18. The molecule has 1 aromatic rings. The Labute approximate surface area is 102 Å². The SMILES string of the molecule is Clc1cc(Br)cc(Cl)c1N1CCCC1. The molecule has 0 bridgehead atoms. The number of halogens is 3. The molecule has 1 aromatic carbocycles. The van der Waals surface area contributed by atoms with Crippen LogP contribution in [0.5, 0.6) is 0 Å². The van der Waals surface area contributed by atoms with Crippen molar-refractivity contribution in [2.75, 3.05) is 18.0 Å². The predicted octanol–water partition coefficient (Wildman–Crippen LogP) is 4.36. The Kier molecular flexibility index (Phi) is 3.25.